The molecule has 1 aromatic heterocycles. The Morgan fingerprint density at radius 1 is 1.07 bits per heavy atom. The number of benzene rings is 2. The summed E-state index contributed by atoms with van der Waals surface area (Å²) in [6, 6.07) is 19.0. The molecule has 11 heteroatoms. The van der Waals surface area contributed by atoms with Gasteiger partial charge in [0.05, 0.1) is 29.0 Å². The van der Waals surface area contributed by atoms with E-state index in [4.69, 9.17) is 36.3 Å². The number of aromatic nitrogens is 1. The maximum atomic E-state index is 13.1. The van der Waals surface area contributed by atoms with Gasteiger partial charge < -0.3 is 25.2 Å². The third kappa shape index (κ3) is 10.2. The van der Waals surface area contributed by atoms with Gasteiger partial charge in [-0.1, -0.05) is 55.1 Å². The molecule has 1 aliphatic carbocycles. The number of nitriles is 1. The van der Waals surface area contributed by atoms with Crippen LogP contribution in [0, 0.1) is 11.3 Å². The highest BCUT2D eigenvalue weighted by molar-refractivity contribution is 6.32. The molecule has 224 valence electrons. The number of amides is 1. The molecule has 0 spiro atoms. The second kappa shape index (κ2) is 17.2. The fraction of sp³-hybridized carbons (Fsp3) is 0.355. The van der Waals surface area contributed by atoms with Crippen LogP contribution in [0.1, 0.15) is 54.6 Å². The molecule has 42 heavy (non-hydrogen) atoms. The van der Waals surface area contributed by atoms with Gasteiger partial charge in [0.15, 0.2) is 0 Å². The minimum Gasteiger partial charge on any atom is -0.492 e. The molecule has 3 aromatic rings. The van der Waals surface area contributed by atoms with E-state index in [9.17, 15) is 10.1 Å². The molecule has 2 aromatic carbocycles. The van der Waals surface area contributed by atoms with Crippen LogP contribution in [0.2, 0.25) is 5.02 Å². The van der Waals surface area contributed by atoms with Crippen LogP contribution in [0.4, 0.5) is 4.79 Å². The van der Waals surface area contributed by atoms with Gasteiger partial charge in [0, 0.05) is 29.3 Å². The molecule has 0 saturated heterocycles. The van der Waals surface area contributed by atoms with Crippen LogP contribution in [-0.4, -0.2) is 65.4 Å². The first-order valence-electron chi connectivity index (χ1n) is 13.5. The summed E-state index contributed by atoms with van der Waals surface area (Å²) >= 11 is 6.46. The van der Waals surface area contributed by atoms with E-state index >= 15 is 0 Å². The molecule has 9 nitrogen and oxygen atoms in total. The molecule has 1 fully saturated rings. The number of pyridine rings is 1. The summed E-state index contributed by atoms with van der Waals surface area (Å²) in [7, 11) is 4.05. The summed E-state index contributed by atoms with van der Waals surface area (Å²) in [5.74, 6) is 0.388. The van der Waals surface area contributed by atoms with Crippen molar-refractivity contribution in [2.24, 2.45) is 0 Å². The van der Waals surface area contributed by atoms with Crippen LogP contribution >= 0.6 is 24.0 Å². The Hall–Kier alpha value is -3.84. The van der Waals surface area contributed by atoms with Crippen LogP contribution in [0.3, 0.4) is 0 Å². The summed E-state index contributed by atoms with van der Waals surface area (Å²) in [6.45, 7) is 1.44. The van der Waals surface area contributed by atoms with Gasteiger partial charge in [0.25, 0.3) is 5.91 Å². The highest BCUT2D eigenvalue weighted by Gasteiger charge is 2.20. The van der Waals surface area contributed by atoms with Gasteiger partial charge in [-0.05, 0) is 63.7 Å². The summed E-state index contributed by atoms with van der Waals surface area (Å²) in [6.07, 6.45) is 4.52. The van der Waals surface area contributed by atoms with Crippen LogP contribution in [0.25, 0.3) is 22.4 Å². The van der Waals surface area contributed by atoms with E-state index in [2.05, 4.69) is 16.3 Å². The van der Waals surface area contributed by atoms with Crippen LogP contribution in [0.5, 0.6) is 5.75 Å². The molecular formula is C31H36Cl2N4O5. The van der Waals surface area contributed by atoms with Crippen molar-refractivity contribution in [3.8, 4) is 34.2 Å². The lowest BCUT2D eigenvalue weighted by Gasteiger charge is -2.22. The number of halogens is 2. The van der Waals surface area contributed by atoms with E-state index in [1.165, 1.54) is 6.42 Å². The molecule has 0 unspecified atom stereocenters. The maximum Gasteiger partial charge on any atom is 0.503 e. The lowest BCUT2D eigenvalue weighted by Crippen LogP contribution is -2.36. The molecule has 1 saturated carbocycles. The van der Waals surface area contributed by atoms with Gasteiger partial charge in [-0.25, -0.2) is 9.78 Å². The Labute approximate surface area is 257 Å². The summed E-state index contributed by atoms with van der Waals surface area (Å²) in [4.78, 5) is 28.6. The van der Waals surface area contributed by atoms with Crippen molar-refractivity contribution in [3.05, 3.63) is 70.9 Å². The number of hydrogen-bond donors (Lipinski definition) is 3. The normalized spacial score (nSPS) is 12.7. The summed E-state index contributed by atoms with van der Waals surface area (Å²) in [5, 5.41) is 27.3. The Morgan fingerprint density at radius 2 is 1.76 bits per heavy atom. The van der Waals surface area contributed by atoms with Gasteiger partial charge in [-0.3, -0.25) is 4.79 Å². The molecule has 1 heterocycles. The third-order valence-corrected chi connectivity index (χ3v) is 6.93. The van der Waals surface area contributed by atoms with Crippen molar-refractivity contribution in [1.29, 1.82) is 5.26 Å². The summed E-state index contributed by atoms with van der Waals surface area (Å²) < 4.78 is 6.00. The highest BCUT2D eigenvalue weighted by Crippen LogP contribution is 2.36. The average molecular weight is 616 g/mol. The fourth-order valence-corrected chi connectivity index (χ4v) is 4.84. The standard InChI is InChI=1S/C30H33ClN4O2.CH2O3.ClH/c1-35(2)17-8-18-37-28-19-21(13-15-26(28)31)29-25(24-12-7-6-9-22(24)20-32)14-16-27(34-29)30(36)33-23-10-4-3-5-11-23;2-1(3)4;/h6-7,9,12-16,19,23H,3-5,8,10-11,17-18H2,1-2H3,(H,33,36);(H2,2,3,4);1H. The zero-order chi connectivity index (χ0) is 29.8. The minimum atomic E-state index is -1.83. The minimum absolute atomic E-state index is 0. The molecule has 1 aliphatic rings. The summed E-state index contributed by atoms with van der Waals surface area (Å²) in [5.41, 5.74) is 3.79. The van der Waals surface area contributed by atoms with Gasteiger partial charge in [-0.2, -0.15) is 5.26 Å². The number of carbonyl (C=O) groups is 2. The van der Waals surface area contributed by atoms with Gasteiger partial charge in [0.1, 0.15) is 11.4 Å². The Bertz CT molecular complexity index is 1380. The quantitative estimate of drug-likeness (QED) is 0.220. The second-order valence-electron chi connectivity index (χ2n) is 9.99. The number of hydrogen-bond acceptors (Lipinski definition) is 6. The van der Waals surface area contributed by atoms with E-state index in [0.717, 1.165) is 55.3 Å². The molecule has 1 amide bonds. The Balaban J connectivity index is 0.00000116. The largest absolute Gasteiger partial charge is 0.503 e. The number of ether oxygens (including phenoxy) is 1. The molecule has 0 atom stereocenters. The van der Waals surface area contributed by atoms with E-state index in [-0.39, 0.29) is 24.4 Å². The van der Waals surface area contributed by atoms with E-state index in [1.807, 2.05) is 50.5 Å². The molecule has 0 bridgehead atoms. The van der Waals surface area contributed by atoms with Crippen molar-refractivity contribution in [1.82, 2.24) is 15.2 Å². The monoisotopic (exact) mass is 614 g/mol. The van der Waals surface area contributed by atoms with Crippen LogP contribution in [-0.2, 0) is 0 Å². The lowest BCUT2D eigenvalue weighted by atomic mass is 9.94. The average Bonchev–Trinajstić information content (AvgIpc) is 2.96. The zero-order valence-electron chi connectivity index (χ0n) is 23.7. The predicted molar refractivity (Wildman–Crippen MR) is 166 cm³/mol. The molecule has 4 rings (SSSR count). The lowest BCUT2D eigenvalue weighted by molar-refractivity contribution is 0.0922. The van der Waals surface area contributed by atoms with Gasteiger partial charge in [-0.15, -0.1) is 12.4 Å². The van der Waals surface area contributed by atoms with Crippen molar-refractivity contribution >= 4 is 36.1 Å². The topological polar surface area (TPSA) is 136 Å². The molecule has 0 radical (unpaired) electrons. The number of carbonyl (C=O) groups excluding carboxylic acids is 1. The first kappa shape index (κ1) is 34.4. The number of rotatable bonds is 9. The molecular weight excluding hydrogens is 579 g/mol. The SMILES string of the molecule is CN(C)CCCOc1cc(-c2nc(C(=O)NC3CCCCC3)ccc2-c2ccccc2C#N)ccc1Cl.Cl.O=C(O)O. The van der Waals surface area contributed by atoms with Crippen LogP contribution in [0.15, 0.2) is 54.6 Å². The Kier molecular flexibility index (Phi) is 14.1. The smallest absolute Gasteiger partial charge is 0.492 e. The van der Waals surface area contributed by atoms with E-state index in [1.54, 1.807) is 18.2 Å². The number of nitrogens with zero attached hydrogens (tertiary/aromatic N) is 3. The van der Waals surface area contributed by atoms with E-state index < -0.39 is 6.16 Å². The first-order chi connectivity index (χ1) is 19.7. The zero-order valence-corrected chi connectivity index (χ0v) is 25.2. The first-order valence-corrected chi connectivity index (χ1v) is 13.9. The number of nitrogens with one attached hydrogen (secondary N) is 1. The van der Waals surface area contributed by atoms with Crippen molar-refractivity contribution in [3.63, 3.8) is 0 Å². The van der Waals surface area contributed by atoms with E-state index in [0.29, 0.717) is 34.3 Å². The van der Waals surface area contributed by atoms with Crippen LogP contribution < -0.4 is 10.1 Å². The molecule has 3 N–H and O–H groups in total. The van der Waals surface area contributed by atoms with Gasteiger partial charge in [0.2, 0.25) is 0 Å². The molecule has 0 aliphatic heterocycles. The van der Waals surface area contributed by atoms with Crippen molar-refractivity contribution < 1.29 is 24.5 Å². The van der Waals surface area contributed by atoms with Crippen molar-refractivity contribution in [2.75, 3.05) is 27.2 Å². The number of carboxylic acid groups (broad SMARTS) is 2. The maximum absolute atomic E-state index is 13.1. The third-order valence-electron chi connectivity index (χ3n) is 6.62. The second-order valence-corrected chi connectivity index (χ2v) is 10.4. The van der Waals surface area contributed by atoms with Gasteiger partial charge >= 0.3 is 6.16 Å². The fourth-order valence-electron chi connectivity index (χ4n) is 4.67. The highest BCUT2D eigenvalue weighted by atomic mass is 35.5. The predicted octanol–water partition coefficient (Wildman–Crippen LogP) is 6.98. The Morgan fingerprint density at radius 3 is 2.43 bits per heavy atom. The van der Waals surface area contributed by atoms with Crippen molar-refractivity contribution in [2.45, 2.75) is 44.6 Å².